The Morgan fingerprint density at radius 1 is 1.56 bits per heavy atom. The monoisotopic (exact) mass is 255 g/mol. The fraction of sp³-hybridized carbons (Fsp3) is 0.375. The van der Waals surface area contributed by atoms with Gasteiger partial charge in [0.1, 0.15) is 6.04 Å². The van der Waals surface area contributed by atoms with Crippen molar-refractivity contribution in [1.29, 1.82) is 0 Å². The molecule has 0 radical (unpaired) electrons. The van der Waals surface area contributed by atoms with E-state index in [1.54, 1.807) is 0 Å². The van der Waals surface area contributed by atoms with Gasteiger partial charge in [-0.1, -0.05) is 5.21 Å². The Labute approximate surface area is 99.6 Å². The van der Waals surface area contributed by atoms with Gasteiger partial charge in [-0.3, -0.25) is 10.1 Å². The average molecular weight is 255 g/mol. The molecule has 1 aliphatic heterocycles. The van der Waals surface area contributed by atoms with E-state index in [4.69, 9.17) is 5.11 Å². The summed E-state index contributed by atoms with van der Waals surface area (Å²) in [6.45, 7) is 0. The Morgan fingerprint density at radius 2 is 2.28 bits per heavy atom. The number of rotatable bonds is 4. The van der Waals surface area contributed by atoms with E-state index in [1.165, 1.54) is 6.20 Å². The van der Waals surface area contributed by atoms with Crippen LogP contribution in [0.4, 0.5) is 4.79 Å². The number of aromatic nitrogens is 3. The van der Waals surface area contributed by atoms with Crippen LogP contribution in [0, 0.1) is 0 Å². The van der Waals surface area contributed by atoms with Gasteiger partial charge in [0.05, 0.1) is 11.9 Å². The van der Waals surface area contributed by atoms with Gasteiger partial charge in [0.2, 0.25) is 6.23 Å². The molecular weight excluding hydrogens is 246 g/mol. The normalized spacial score (nSPS) is 20.4. The van der Waals surface area contributed by atoms with Crippen LogP contribution < -0.4 is 10.6 Å². The number of aliphatic hydroxyl groups is 1. The van der Waals surface area contributed by atoms with Gasteiger partial charge in [0.25, 0.3) is 5.91 Å². The molecule has 0 saturated carbocycles. The van der Waals surface area contributed by atoms with Crippen molar-refractivity contribution in [2.24, 2.45) is 0 Å². The van der Waals surface area contributed by atoms with E-state index in [0.717, 1.165) is 4.68 Å². The number of carboxylic acid groups (broad SMARTS) is 1. The lowest BCUT2D eigenvalue weighted by Crippen LogP contribution is -2.31. The summed E-state index contributed by atoms with van der Waals surface area (Å²) in [6, 6.07) is -1.37. The van der Waals surface area contributed by atoms with Gasteiger partial charge >= 0.3 is 12.0 Å². The number of carbonyl (C=O) groups is 3. The number of hydrogen-bond donors (Lipinski definition) is 4. The number of hydrogen-bond acceptors (Lipinski definition) is 6. The van der Waals surface area contributed by atoms with Crippen molar-refractivity contribution in [3.63, 3.8) is 0 Å². The first kappa shape index (κ1) is 12.0. The summed E-state index contributed by atoms with van der Waals surface area (Å²) in [4.78, 5) is 32.6. The maximum Gasteiger partial charge on any atom is 0.355 e. The standard InChI is InChI=1S/C8H9N5O5/c14-5-4(9-8(18)10-5)1-3-2-13(12-11-3)6(15)7(16)17/h2,4,6,15H,1H2,(H,16,17)(H2,9,10,14,18)/t4-,6+/m0/s1. The molecule has 0 bridgehead atoms. The van der Waals surface area contributed by atoms with E-state index in [9.17, 15) is 19.5 Å². The van der Waals surface area contributed by atoms with Crippen molar-refractivity contribution >= 4 is 17.9 Å². The van der Waals surface area contributed by atoms with Crippen LogP contribution in [0.25, 0.3) is 0 Å². The molecule has 18 heavy (non-hydrogen) atoms. The third kappa shape index (κ3) is 2.27. The van der Waals surface area contributed by atoms with E-state index in [-0.39, 0.29) is 12.1 Å². The Balaban J connectivity index is 2.05. The summed E-state index contributed by atoms with van der Waals surface area (Å²) in [5.74, 6) is -1.97. The summed E-state index contributed by atoms with van der Waals surface area (Å²) in [5.41, 5.74) is 0.276. The number of imide groups is 1. The van der Waals surface area contributed by atoms with Gasteiger partial charge < -0.3 is 15.5 Å². The first-order valence-electron chi connectivity index (χ1n) is 4.90. The lowest BCUT2D eigenvalue weighted by Gasteiger charge is -2.04. The quantitative estimate of drug-likeness (QED) is 0.438. The second kappa shape index (κ2) is 4.41. The van der Waals surface area contributed by atoms with Crippen molar-refractivity contribution in [2.75, 3.05) is 0 Å². The highest BCUT2D eigenvalue weighted by Gasteiger charge is 2.30. The van der Waals surface area contributed by atoms with Crippen LogP contribution in [-0.4, -0.2) is 49.2 Å². The van der Waals surface area contributed by atoms with Crippen LogP contribution in [0.15, 0.2) is 6.20 Å². The summed E-state index contributed by atoms with van der Waals surface area (Å²) < 4.78 is 0.742. The zero-order valence-corrected chi connectivity index (χ0v) is 8.90. The predicted molar refractivity (Wildman–Crippen MR) is 53.1 cm³/mol. The smallest absolute Gasteiger partial charge is 0.355 e. The molecule has 2 heterocycles. The summed E-state index contributed by atoms with van der Waals surface area (Å²) >= 11 is 0. The van der Waals surface area contributed by atoms with Gasteiger partial charge in [0, 0.05) is 6.42 Å². The van der Waals surface area contributed by atoms with Crippen molar-refractivity contribution in [2.45, 2.75) is 18.7 Å². The van der Waals surface area contributed by atoms with Gasteiger partial charge in [-0.25, -0.2) is 14.3 Å². The minimum atomic E-state index is -1.83. The number of amides is 3. The molecule has 3 amide bonds. The predicted octanol–water partition coefficient (Wildman–Crippen LogP) is -2.40. The maximum absolute atomic E-state index is 11.2. The van der Waals surface area contributed by atoms with E-state index < -0.39 is 30.2 Å². The number of aliphatic hydroxyl groups excluding tert-OH is 1. The minimum absolute atomic E-state index is 0.0594. The number of carboxylic acids is 1. The molecule has 0 spiro atoms. The van der Waals surface area contributed by atoms with Gasteiger partial charge in [-0.15, -0.1) is 5.10 Å². The summed E-state index contributed by atoms with van der Waals surface area (Å²) in [6.07, 6.45) is -0.585. The van der Waals surface area contributed by atoms with E-state index in [1.807, 2.05) is 5.32 Å². The highest BCUT2D eigenvalue weighted by molar-refractivity contribution is 6.04. The van der Waals surface area contributed by atoms with Gasteiger partial charge in [-0.05, 0) is 0 Å². The van der Waals surface area contributed by atoms with Crippen LogP contribution in [0.1, 0.15) is 11.9 Å². The second-order valence-electron chi connectivity index (χ2n) is 3.62. The molecule has 0 aliphatic carbocycles. The summed E-state index contributed by atoms with van der Waals surface area (Å²) in [7, 11) is 0. The first-order valence-corrected chi connectivity index (χ1v) is 4.90. The van der Waals surface area contributed by atoms with E-state index >= 15 is 0 Å². The van der Waals surface area contributed by atoms with Crippen molar-refractivity contribution in [1.82, 2.24) is 25.6 Å². The van der Waals surface area contributed by atoms with Gasteiger partial charge in [0.15, 0.2) is 0 Å². The van der Waals surface area contributed by atoms with Crippen molar-refractivity contribution in [3.05, 3.63) is 11.9 Å². The van der Waals surface area contributed by atoms with E-state index in [0.29, 0.717) is 0 Å². The van der Waals surface area contributed by atoms with Crippen LogP contribution in [-0.2, 0) is 16.0 Å². The van der Waals surface area contributed by atoms with Crippen molar-refractivity contribution < 1.29 is 24.6 Å². The molecule has 1 aromatic heterocycles. The molecule has 1 saturated heterocycles. The van der Waals surface area contributed by atoms with Crippen LogP contribution >= 0.6 is 0 Å². The molecular formula is C8H9N5O5. The number of nitrogens with zero attached hydrogens (tertiary/aromatic N) is 3. The molecule has 10 heteroatoms. The average Bonchev–Trinajstić information content (AvgIpc) is 2.86. The van der Waals surface area contributed by atoms with Gasteiger partial charge in [-0.2, -0.15) is 0 Å². The molecule has 2 atom stereocenters. The highest BCUT2D eigenvalue weighted by Crippen LogP contribution is 2.06. The van der Waals surface area contributed by atoms with Crippen LogP contribution in [0.5, 0.6) is 0 Å². The number of aliphatic carboxylic acids is 1. The Kier molecular flexibility index (Phi) is 2.93. The Bertz CT molecular complexity index is 512. The molecule has 2 rings (SSSR count). The molecule has 4 N–H and O–H groups in total. The van der Waals surface area contributed by atoms with Crippen LogP contribution in [0.2, 0.25) is 0 Å². The molecule has 1 aliphatic rings. The molecule has 0 aromatic carbocycles. The first-order chi connectivity index (χ1) is 8.47. The zero-order chi connectivity index (χ0) is 13.3. The minimum Gasteiger partial charge on any atom is -0.478 e. The largest absolute Gasteiger partial charge is 0.478 e. The van der Waals surface area contributed by atoms with Crippen molar-refractivity contribution in [3.8, 4) is 0 Å². The van der Waals surface area contributed by atoms with Crippen LogP contribution in [0.3, 0.4) is 0 Å². The molecule has 1 fully saturated rings. The second-order valence-corrected chi connectivity index (χ2v) is 3.62. The Morgan fingerprint density at radius 3 is 2.83 bits per heavy atom. The molecule has 1 aromatic rings. The number of urea groups is 1. The molecule has 96 valence electrons. The lowest BCUT2D eigenvalue weighted by molar-refractivity contribution is -0.152. The SMILES string of the molecule is O=C1NC(=O)[C@H](Cc2cn([C@H](O)C(=O)O)nn2)N1. The molecule has 10 nitrogen and oxygen atoms in total. The highest BCUT2D eigenvalue weighted by atomic mass is 16.4. The lowest BCUT2D eigenvalue weighted by atomic mass is 10.2. The third-order valence-corrected chi connectivity index (χ3v) is 2.30. The Hall–Kier alpha value is -2.49. The fourth-order valence-corrected chi connectivity index (χ4v) is 1.45. The molecule has 0 unspecified atom stereocenters. The van der Waals surface area contributed by atoms with E-state index in [2.05, 4.69) is 15.6 Å². The number of carbonyl (C=O) groups excluding carboxylic acids is 2. The third-order valence-electron chi connectivity index (χ3n) is 2.30. The zero-order valence-electron chi connectivity index (χ0n) is 8.90. The number of nitrogens with one attached hydrogen (secondary N) is 2. The maximum atomic E-state index is 11.2. The summed E-state index contributed by atoms with van der Waals surface area (Å²) in [5, 5.41) is 29.1. The fourth-order valence-electron chi connectivity index (χ4n) is 1.45. The topological polar surface area (TPSA) is 146 Å².